The molecule has 5 nitrogen and oxygen atoms in total. The molecule has 0 aromatic heterocycles. The van der Waals surface area contributed by atoms with Crippen LogP contribution in [0.5, 0.6) is 0 Å². The van der Waals surface area contributed by atoms with Crippen LogP contribution in [0.2, 0.25) is 0 Å². The second-order valence-electron chi connectivity index (χ2n) is 4.95. The van der Waals surface area contributed by atoms with E-state index in [0.29, 0.717) is 25.8 Å². The molecule has 98 valence electrons. The third-order valence-corrected chi connectivity index (χ3v) is 3.62. The highest BCUT2D eigenvalue weighted by molar-refractivity contribution is 5.78. The fourth-order valence-corrected chi connectivity index (χ4v) is 2.37. The van der Waals surface area contributed by atoms with Gasteiger partial charge < -0.3 is 19.9 Å². The molecule has 0 spiro atoms. The van der Waals surface area contributed by atoms with Gasteiger partial charge in [-0.2, -0.15) is 0 Å². The number of hydrogen-bond acceptors (Lipinski definition) is 4. The van der Waals surface area contributed by atoms with Gasteiger partial charge >= 0.3 is 0 Å². The zero-order valence-corrected chi connectivity index (χ0v) is 10.7. The minimum atomic E-state index is 0.215. The molecule has 2 aliphatic heterocycles. The molecule has 2 fully saturated rings. The largest absolute Gasteiger partial charge is 0.378 e. The highest BCUT2D eigenvalue weighted by Gasteiger charge is 2.20. The Morgan fingerprint density at radius 1 is 1.24 bits per heavy atom. The zero-order valence-electron chi connectivity index (χ0n) is 10.7. The van der Waals surface area contributed by atoms with Gasteiger partial charge in [-0.1, -0.05) is 0 Å². The molecule has 0 aromatic carbocycles. The lowest BCUT2D eigenvalue weighted by atomic mass is 10.1. The van der Waals surface area contributed by atoms with E-state index in [0.717, 1.165) is 39.0 Å². The maximum atomic E-state index is 11.9. The van der Waals surface area contributed by atoms with Gasteiger partial charge in [0.2, 0.25) is 5.91 Å². The van der Waals surface area contributed by atoms with Crippen LogP contribution in [0.3, 0.4) is 0 Å². The maximum absolute atomic E-state index is 11.9. The van der Waals surface area contributed by atoms with E-state index < -0.39 is 0 Å². The molecule has 17 heavy (non-hydrogen) atoms. The van der Waals surface area contributed by atoms with Gasteiger partial charge in [0.05, 0.1) is 19.8 Å². The number of carbonyl (C=O) groups excluding carboxylic acids is 1. The zero-order chi connectivity index (χ0) is 12.1. The summed E-state index contributed by atoms with van der Waals surface area (Å²) < 4.78 is 5.24. The number of ether oxygens (including phenoxy) is 1. The SMILES string of the molecule is CN1CCC(NCC(=O)N2CCOCC2)CC1. The van der Waals surface area contributed by atoms with Gasteiger partial charge in [0.1, 0.15) is 0 Å². The van der Waals surface area contributed by atoms with Crippen LogP contribution in [-0.2, 0) is 9.53 Å². The molecule has 0 unspecified atom stereocenters. The van der Waals surface area contributed by atoms with Crippen LogP contribution in [0, 0.1) is 0 Å². The Morgan fingerprint density at radius 2 is 1.88 bits per heavy atom. The van der Waals surface area contributed by atoms with Gasteiger partial charge in [0.15, 0.2) is 0 Å². The highest BCUT2D eigenvalue weighted by Crippen LogP contribution is 2.08. The van der Waals surface area contributed by atoms with E-state index in [1.807, 2.05) is 4.90 Å². The van der Waals surface area contributed by atoms with E-state index in [4.69, 9.17) is 4.74 Å². The first-order valence-electron chi connectivity index (χ1n) is 6.53. The molecule has 1 amide bonds. The van der Waals surface area contributed by atoms with Crippen LogP contribution >= 0.6 is 0 Å². The Morgan fingerprint density at radius 3 is 2.53 bits per heavy atom. The lowest BCUT2D eigenvalue weighted by molar-refractivity contribution is -0.134. The van der Waals surface area contributed by atoms with Crippen molar-refractivity contribution in [3.05, 3.63) is 0 Å². The van der Waals surface area contributed by atoms with Gasteiger partial charge in [-0.05, 0) is 33.0 Å². The van der Waals surface area contributed by atoms with Crippen molar-refractivity contribution in [3.8, 4) is 0 Å². The number of carbonyl (C=O) groups is 1. The summed E-state index contributed by atoms with van der Waals surface area (Å²) in [4.78, 5) is 16.1. The van der Waals surface area contributed by atoms with E-state index in [-0.39, 0.29) is 5.91 Å². The van der Waals surface area contributed by atoms with Crippen molar-refractivity contribution in [1.82, 2.24) is 15.1 Å². The Balaban J connectivity index is 1.65. The molecule has 2 rings (SSSR count). The average molecular weight is 241 g/mol. The molecule has 0 aromatic rings. The van der Waals surface area contributed by atoms with Gasteiger partial charge in [0, 0.05) is 19.1 Å². The van der Waals surface area contributed by atoms with Crippen LogP contribution in [0.4, 0.5) is 0 Å². The number of amides is 1. The molecule has 0 saturated carbocycles. The van der Waals surface area contributed by atoms with Gasteiger partial charge in [-0.15, -0.1) is 0 Å². The summed E-state index contributed by atoms with van der Waals surface area (Å²) in [6.07, 6.45) is 2.29. The van der Waals surface area contributed by atoms with Crippen LogP contribution in [0.25, 0.3) is 0 Å². The predicted molar refractivity (Wildman–Crippen MR) is 65.9 cm³/mol. The van der Waals surface area contributed by atoms with Gasteiger partial charge in [-0.3, -0.25) is 4.79 Å². The fraction of sp³-hybridized carbons (Fsp3) is 0.917. The van der Waals surface area contributed by atoms with Gasteiger partial charge in [-0.25, -0.2) is 0 Å². The molecule has 2 aliphatic rings. The first-order chi connectivity index (χ1) is 8.25. The Kier molecular flexibility index (Phi) is 4.76. The summed E-state index contributed by atoms with van der Waals surface area (Å²) >= 11 is 0. The van der Waals surface area contributed by atoms with Crippen LogP contribution < -0.4 is 5.32 Å². The molecule has 5 heteroatoms. The summed E-state index contributed by atoms with van der Waals surface area (Å²) in [5, 5.41) is 3.38. The molecule has 0 atom stereocenters. The summed E-state index contributed by atoms with van der Waals surface area (Å²) in [5.74, 6) is 0.215. The quantitative estimate of drug-likeness (QED) is 0.725. The smallest absolute Gasteiger partial charge is 0.236 e. The first kappa shape index (κ1) is 12.8. The third-order valence-electron chi connectivity index (χ3n) is 3.62. The van der Waals surface area contributed by atoms with E-state index in [1.54, 1.807) is 0 Å². The van der Waals surface area contributed by atoms with Crippen molar-refractivity contribution in [3.63, 3.8) is 0 Å². The third kappa shape index (κ3) is 3.94. The summed E-state index contributed by atoms with van der Waals surface area (Å²) in [6.45, 7) is 5.59. The Labute approximate surface area is 103 Å². The van der Waals surface area contributed by atoms with Crippen LogP contribution in [-0.4, -0.2) is 74.7 Å². The molecule has 2 saturated heterocycles. The van der Waals surface area contributed by atoms with E-state index >= 15 is 0 Å². The molecular weight excluding hydrogens is 218 g/mol. The predicted octanol–water partition coefficient (Wildman–Crippen LogP) is -0.471. The van der Waals surface area contributed by atoms with E-state index in [2.05, 4.69) is 17.3 Å². The van der Waals surface area contributed by atoms with Crippen molar-refractivity contribution in [2.45, 2.75) is 18.9 Å². The maximum Gasteiger partial charge on any atom is 0.236 e. The van der Waals surface area contributed by atoms with Crippen LogP contribution in [0.1, 0.15) is 12.8 Å². The average Bonchev–Trinajstić information content (AvgIpc) is 2.39. The monoisotopic (exact) mass is 241 g/mol. The molecule has 1 N–H and O–H groups in total. The molecule has 0 radical (unpaired) electrons. The van der Waals surface area contributed by atoms with Crippen molar-refractivity contribution in [2.24, 2.45) is 0 Å². The Bertz CT molecular complexity index is 246. The number of rotatable bonds is 3. The van der Waals surface area contributed by atoms with Gasteiger partial charge in [0.25, 0.3) is 0 Å². The first-order valence-corrected chi connectivity index (χ1v) is 6.53. The summed E-state index contributed by atoms with van der Waals surface area (Å²) in [5.41, 5.74) is 0. The van der Waals surface area contributed by atoms with Crippen molar-refractivity contribution >= 4 is 5.91 Å². The lowest BCUT2D eigenvalue weighted by Gasteiger charge is -2.31. The molecule has 0 bridgehead atoms. The lowest BCUT2D eigenvalue weighted by Crippen LogP contribution is -2.48. The van der Waals surface area contributed by atoms with Crippen LogP contribution in [0.15, 0.2) is 0 Å². The molecule has 0 aliphatic carbocycles. The van der Waals surface area contributed by atoms with Crippen molar-refractivity contribution in [1.29, 1.82) is 0 Å². The number of hydrogen-bond donors (Lipinski definition) is 1. The minimum absolute atomic E-state index is 0.215. The minimum Gasteiger partial charge on any atom is -0.378 e. The summed E-state index contributed by atoms with van der Waals surface area (Å²) in [7, 11) is 2.15. The number of likely N-dealkylation sites (tertiary alicyclic amines) is 1. The molecule has 2 heterocycles. The topological polar surface area (TPSA) is 44.8 Å². The standard InChI is InChI=1S/C12H23N3O2/c1-14-4-2-11(3-5-14)13-10-12(16)15-6-8-17-9-7-15/h11,13H,2-10H2,1H3. The number of morpholine rings is 1. The number of piperidine rings is 1. The van der Waals surface area contributed by atoms with Crippen molar-refractivity contribution in [2.75, 3.05) is 53.0 Å². The van der Waals surface area contributed by atoms with E-state index in [9.17, 15) is 4.79 Å². The normalized spacial score (nSPS) is 23.9. The second kappa shape index (κ2) is 6.33. The number of nitrogens with one attached hydrogen (secondary N) is 1. The second-order valence-corrected chi connectivity index (χ2v) is 4.95. The Hall–Kier alpha value is -0.650. The van der Waals surface area contributed by atoms with Crippen molar-refractivity contribution < 1.29 is 9.53 Å². The van der Waals surface area contributed by atoms with E-state index in [1.165, 1.54) is 0 Å². The fourth-order valence-electron chi connectivity index (χ4n) is 2.37. The summed E-state index contributed by atoms with van der Waals surface area (Å²) in [6, 6.07) is 0.510. The number of nitrogens with zero attached hydrogens (tertiary/aromatic N) is 2. The highest BCUT2D eigenvalue weighted by atomic mass is 16.5. The molecular formula is C12H23N3O2.